The van der Waals surface area contributed by atoms with Gasteiger partial charge in [0, 0.05) is 20.1 Å². The minimum absolute atomic E-state index is 0.376. The van der Waals surface area contributed by atoms with E-state index in [1.807, 2.05) is 26.0 Å². The van der Waals surface area contributed by atoms with E-state index in [4.69, 9.17) is 10.5 Å². The molecule has 1 amide bonds. The molecule has 0 radical (unpaired) electrons. The highest BCUT2D eigenvalue weighted by Crippen LogP contribution is 2.20. The zero-order chi connectivity index (χ0) is 12.1. The van der Waals surface area contributed by atoms with Crippen molar-refractivity contribution in [3.63, 3.8) is 0 Å². The normalized spacial score (nSPS) is 10.0. The van der Waals surface area contributed by atoms with Crippen LogP contribution in [-0.2, 0) is 0 Å². The predicted octanol–water partition coefficient (Wildman–Crippen LogP) is 1.69. The molecule has 0 aliphatic heterocycles. The SMILES string of the molecule is Cc1cccc(OC(=O)N(C)CCN)c1C. The van der Waals surface area contributed by atoms with E-state index in [2.05, 4.69) is 0 Å². The Morgan fingerprint density at radius 2 is 2.12 bits per heavy atom. The Hall–Kier alpha value is -1.55. The van der Waals surface area contributed by atoms with Crippen molar-refractivity contribution in [3.05, 3.63) is 29.3 Å². The van der Waals surface area contributed by atoms with Crippen LogP contribution in [-0.4, -0.2) is 31.1 Å². The van der Waals surface area contributed by atoms with Crippen molar-refractivity contribution < 1.29 is 9.53 Å². The molecule has 4 heteroatoms. The molecule has 16 heavy (non-hydrogen) atoms. The molecule has 88 valence electrons. The van der Waals surface area contributed by atoms with Gasteiger partial charge in [-0.2, -0.15) is 0 Å². The first-order valence-electron chi connectivity index (χ1n) is 5.25. The molecule has 0 heterocycles. The molecule has 0 unspecified atom stereocenters. The number of rotatable bonds is 3. The maximum Gasteiger partial charge on any atom is 0.415 e. The molecule has 0 bridgehead atoms. The standard InChI is InChI=1S/C12H18N2O2/c1-9-5-4-6-11(10(9)2)16-12(15)14(3)8-7-13/h4-6H,7-8,13H2,1-3H3. The Morgan fingerprint density at radius 3 is 2.75 bits per heavy atom. The zero-order valence-corrected chi connectivity index (χ0v) is 9.99. The van der Waals surface area contributed by atoms with Gasteiger partial charge in [-0.3, -0.25) is 0 Å². The van der Waals surface area contributed by atoms with Crippen molar-refractivity contribution in [2.75, 3.05) is 20.1 Å². The fraction of sp³-hybridized carbons (Fsp3) is 0.417. The number of hydrogen-bond acceptors (Lipinski definition) is 3. The Labute approximate surface area is 96.0 Å². The summed E-state index contributed by atoms with van der Waals surface area (Å²) in [6, 6.07) is 5.64. The molecule has 0 aromatic heterocycles. The Balaban J connectivity index is 2.73. The van der Waals surface area contributed by atoms with E-state index < -0.39 is 0 Å². The first-order valence-corrected chi connectivity index (χ1v) is 5.25. The number of hydrogen-bond donors (Lipinski definition) is 1. The molecule has 4 nitrogen and oxygen atoms in total. The number of likely N-dealkylation sites (N-methyl/N-ethyl adjacent to an activating group) is 1. The van der Waals surface area contributed by atoms with Crippen molar-refractivity contribution in [1.82, 2.24) is 4.90 Å². The van der Waals surface area contributed by atoms with Crippen LogP contribution in [0, 0.1) is 13.8 Å². The summed E-state index contributed by atoms with van der Waals surface area (Å²) in [5.74, 6) is 0.605. The monoisotopic (exact) mass is 222 g/mol. The topological polar surface area (TPSA) is 55.6 Å². The highest BCUT2D eigenvalue weighted by Gasteiger charge is 2.12. The molecule has 0 saturated carbocycles. The van der Waals surface area contributed by atoms with Crippen LogP contribution in [0.15, 0.2) is 18.2 Å². The minimum atomic E-state index is -0.376. The van der Waals surface area contributed by atoms with Crippen molar-refractivity contribution in [3.8, 4) is 5.75 Å². The zero-order valence-electron chi connectivity index (χ0n) is 9.99. The second-order valence-electron chi connectivity index (χ2n) is 3.78. The second kappa shape index (κ2) is 5.51. The van der Waals surface area contributed by atoms with Crippen molar-refractivity contribution >= 4 is 6.09 Å². The molecular formula is C12H18N2O2. The van der Waals surface area contributed by atoms with E-state index in [1.54, 1.807) is 13.1 Å². The smallest absolute Gasteiger partial charge is 0.410 e. The van der Waals surface area contributed by atoms with Crippen LogP contribution in [0.3, 0.4) is 0 Å². The largest absolute Gasteiger partial charge is 0.415 e. The van der Waals surface area contributed by atoms with Crippen molar-refractivity contribution in [1.29, 1.82) is 0 Å². The predicted molar refractivity (Wildman–Crippen MR) is 63.6 cm³/mol. The summed E-state index contributed by atoms with van der Waals surface area (Å²) >= 11 is 0. The summed E-state index contributed by atoms with van der Waals surface area (Å²) < 4.78 is 5.27. The molecule has 0 fully saturated rings. The van der Waals surface area contributed by atoms with Gasteiger partial charge in [0.2, 0.25) is 0 Å². The highest BCUT2D eigenvalue weighted by atomic mass is 16.6. The van der Waals surface area contributed by atoms with Crippen LogP contribution in [0.4, 0.5) is 4.79 Å². The fourth-order valence-corrected chi connectivity index (χ4v) is 1.29. The highest BCUT2D eigenvalue weighted by molar-refractivity contribution is 5.71. The lowest BCUT2D eigenvalue weighted by molar-refractivity contribution is 0.164. The first-order chi connectivity index (χ1) is 7.56. The van der Waals surface area contributed by atoms with Crippen LogP contribution in [0.5, 0.6) is 5.75 Å². The summed E-state index contributed by atoms with van der Waals surface area (Å²) in [6.45, 7) is 4.83. The molecule has 0 saturated heterocycles. The number of carbonyl (C=O) groups is 1. The van der Waals surface area contributed by atoms with Crippen LogP contribution in [0.1, 0.15) is 11.1 Å². The van der Waals surface area contributed by atoms with Gasteiger partial charge in [0.05, 0.1) is 0 Å². The lowest BCUT2D eigenvalue weighted by Crippen LogP contribution is -2.34. The lowest BCUT2D eigenvalue weighted by Gasteiger charge is -2.16. The van der Waals surface area contributed by atoms with E-state index in [1.165, 1.54) is 4.90 Å². The van der Waals surface area contributed by atoms with Crippen LogP contribution in [0.2, 0.25) is 0 Å². The van der Waals surface area contributed by atoms with E-state index >= 15 is 0 Å². The van der Waals surface area contributed by atoms with Gasteiger partial charge >= 0.3 is 6.09 Å². The van der Waals surface area contributed by atoms with E-state index in [0.29, 0.717) is 18.8 Å². The molecule has 0 atom stereocenters. The number of aryl methyl sites for hydroxylation is 1. The maximum absolute atomic E-state index is 11.6. The molecular weight excluding hydrogens is 204 g/mol. The molecule has 0 aliphatic carbocycles. The third-order valence-corrected chi connectivity index (χ3v) is 2.53. The third-order valence-electron chi connectivity index (χ3n) is 2.53. The molecule has 1 aromatic rings. The van der Waals surface area contributed by atoms with Crippen molar-refractivity contribution in [2.24, 2.45) is 5.73 Å². The van der Waals surface area contributed by atoms with Crippen molar-refractivity contribution in [2.45, 2.75) is 13.8 Å². The molecule has 0 aliphatic rings. The van der Waals surface area contributed by atoms with Crippen LogP contribution in [0.25, 0.3) is 0 Å². The summed E-state index contributed by atoms with van der Waals surface area (Å²) in [4.78, 5) is 13.1. The van der Waals surface area contributed by atoms with E-state index in [0.717, 1.165) is 11.1 Å². The quantitative estimate of drug-likeness (QED) is 0.846. The first kappa shape index (κ1) is 12.5. The van der Waals surface area contributed by atoms with Gasteiger partial charge in [-0.1, -0.05) is 12.1 Å². The van der Waals surface area contributed by atoms with E-state index in [-0.39, 0.29) is 6.09 Å². The Kier molecular flexibility index (Phi) is 4.31. The average Bonchev–Trinajstić information content (AvgIpc) is 2.25. The van der Waals surface area contributed by atoms with Crippen LogP contribution < -0.4 is 10.5 Å². The number of benzene rings is 1. The summed E-state index contributed by atoms with van der Waals surface area (Å²) in [7, 11) is 1.67. The van der Waals surface area contributed by atoms with Gasteiger partial charge in [-0.15, -0.1) is 0 Å². The van der Waals surface area contributed by atoms with Gasteiger partial charge in [-0.05, 0) is 31.0 Å². The third kappa shape index (κ3) is 2.97. The van der Waals surface area contributed by atoms with E-state index in [9.17, 15) is 4.79 Å². The Bertz CT molecular complexity index is 377. The molecule has 1 aromatic carbocycles. The number of carbonyl (C=O) groups excluding carboxylic acids is 1. The van der Waals surface area contributed by atoms with Gasteiger partial charge in [0.1, 0.15) is 5.75 Å². The Morgan fingerprint density at radius 1 is 1.44 bits per heavy atom. The van der Waals surface area contributed by atoms with Crippen LogP contribution >= 0.6 is 0 Å². The number of nitrogens with zero attached hydrogens (tertiary/aromatic N) is 1. The van der Waals surface area contributed by atoms with Gasteiger partial charge < -0.3 is 15.4 Å². The lowest BCUT2D eigenvalue weighted by atomic mass is 10.1. The number of nitrogens with two attached hydrogens (primary N) is 1. The number of ether oxygens (including phenoxy) is 1. The second-order valence-corrected chi connectivity index (χ2v) is 3.78. The summed E-state index contributed by atoms with van der Waals surface area (Å²) in [5, 5.41) is 0. The average molecular weight is 222 g/mol. The summed E-state index contributed by atoms with van der Waals surface area (Å²) in [5.41, 5.74) is 7.45. The minimum Gasteiger partial charge on any atom is -0.410 e. The van der Waals surface area contributed by atoms with Gasteiger partial charge in [0.15, 0.2) is 0 Å². The summed E-state index contributed by atoms with van der Waals surface area (Å²) in [6.07, 6.45) is -0.376. The van der Waals surface area contributed by atoms with Gasteiger partial charge in [0.25, 0.3) is 0 Å². The molecule has 1 rings (SSSR count). The fourth-order valence-electron chi connectivity index (χ4n) is 1.29. The molecule has 2 N–H and O–H groups in total. The number of amides is 1. The molecule has 0 spiro atoms. The maximum atomic E-state index is 11.6. The van der Waals surface area contributed by atoms with Gasteiger partial charge in [-0.25, -0.2) is 4.79 Å².